The van der Waals surface area contributed by atoms with Gasteiger partial charge >= 0.3 is 0 Å². The topological polar surface area (TPSA) is 62.7 Å². The Morgan fingerprint density at radius 2 is 2.00 bits per heavy atom. The Bertz CT molecular complexity index is 781. The summed E-state index contributed by atoms with van der Waals surface area (Å²) in [5.74, 6) is 1.07. The molecule has 1 saturated heterocycles. The van der Waals surface area contributed by atoms with Gasteiger partial charge in [-0.3, -0.25) is 4.98 Å². The highest BCUT2D eigenvalue weighted by Gasteiger charge is 2.21. The van der Waals surface area contributed by atoms with E-state index < -0.39 is 0 Å². The number of anilines is 2. The normalized spacial score (nSPS) is 17.7. The summed E-state index contributed by atoms with van der Waals surface area (Å²) in [6.45, 7) is 2.02. The number of nitrogens with one attached hydrogen (secondary N) is 2. The maximum atomic E-state index is 4.79. The zero-order valence-corrected chi connectivity index (χ0v) is 12.2. The first-order valence-corrected chi connectivity index (χ1v) is 7.54. The summed E-state index contributed by atoms with van der Waals surface area (Å²) in [5, 5.41) is 7.80. The molecule has 2 aromatic heterocycles. The third kappa shape index (κ3) is 2.51. The molecule has 1 unspecified atom stereocenters. The lowest BCUT2D eigenvalue weighted by atomic mass is 10.0. The van der Waals surface area contributed by atoms with Gasteiger partial charge in [-0.1, -0.05) is 18.2 Å². The van der Waals surface area contributed by atoms with Gasteiger partial charge in [-0.25, -0.2) is 9.97 Å². The molecule has 0 bridgehead atoms. The fraction of sp³-hybridized carbons (Fsp3) is 0.235. The van der Waals surface area contributed by atoms with Crippen LogP contribution in [0, 0.1) is 0 Å². The minimum absolute atomic E-state index is 0.434. The molecule has 3 aromatic rings. The van der Waals surface area contributed by atoms with Gasteiger partial charge in [-0.2, -0.15) is 0 Å². The van der Waals surface area contributed by atoms with E-state index in [1.165, 1.54) is 0 Å². The smallest absolute Gasteiger partial charge is 0.228 e. The fourth-order valence-electron chi connectivity index (χ4n) is 2.91. The van der Waals surface area contributed by atoms with Crippen LogP contribution in [0.1, 0.15) is 18.0 Å². The zero-order chi connectivity index (χ0) is 14.8. The minimum Gasteiger partial charge on any atom is -0.324 e. The molecule has 3 heterocycles. The highest BCUT2D eigenvalue weighted by Crippen LogP contribution is 2.28. The van der Waals surface area contributed by atoms with Crippen LogP contribution >= 0.6 is 0 Å². The maximum Gasteiger partial charge on any atom is 0.228 e. The first kappa shape index (κ1) is 13.2. The first-order chi connectivity index (χ1) is 10.9. The van der Waals surface area contributed by atoms with E-state index in [4.69, 9.17) is 4.98 Å². The number of nitrogens with zero attached hydrogens (tertiary/aromatic N) is 3. The van der Waals surface area contributed by atoms with Gasteiger partial charge < -0.3 is 10.6 Å². The van der Waals surface area contributed by atoms with Gasteiger partial charge in [0.05, 0.1) is 17.4 Å². The summed E-state index contributed by atoms with van der Waals surface area (Å²) >= 11 is 0. The molecule has 0 spiro atoms. The fourth-order valence-corrected chi connectivity index (χ4v) is 2.91. The van der Waals surface area contributed by atoms with Crippen LogP contribution in [0.15, 0.2) is 48.8 Å². The van der Waals surface area contributed by atoms with Crippen molar-refractivity contribution in [3.63, 3.8) is 0 Å². The molecule has 0 amide bonds. The number of aromatic nitrogens is 3. The number of hydrogen-bond acceptors (Lipinski definition) is 5. The van der Waals surface area contributed by atoms with Gasteiger partial charge in [-0.05, 0) is 31.2 Å². The molecule has 1 aromatic carbocycles. The molecule has 1 atom stereocenters. The van der Waals surface area contributed by atoms with Crippen molar-refractivity contribution in [2.24, 2.45) is 0 Å². The Kier molecular flexibility index (Phi) is 3.40. The standard InChI is InChI=1S/C17H17N5/c1-2-4-13(5-3-1)20-17-21-15-11-19-9-7-14(15)16(22-17)12-6-8-18-10-12/h1-5,7,9,11-12,18H,6,8,10H2,(H,20,21,22). The number of fused-ring (bicyclic) bond motifs is 1. The van der Waals surface area contributed by atoms with Gasteiger partial charge in [0.1, 0.15) is 0 Å². The third-order valence-electron chi connectivity index (χ3n) is 4.01. The molecule has 1 fully saturated rings. The SMILES string of the molecule is c1ccc(Nc2nc(C3CCNC3)c3ccncc3n2)cc1. The lowest BCUT2D eigenvalue weighted by Crippen LogP contribution is -2.11. The molecule has 1 aliphatic heterocycles. The first-order valence-electron chi connectivity index (χ1n) is 7.54. The molecule has 0 saturated carbocycles. The van der Waals surface area contributed by atoms with Crippen molar-refractivity contribution in [1.29, 1.82) is 0 Å². The summed E-state index contributed by atoms with van der Waals surface area (Å²) in [6.07, 6.45) is 4.72. The Morgan fingerprint density at radius 1 is 1.09 bits per heavy atom. The Hall–Kier alpha value is -2.53. The van der Waals surface area contributed by atoms with Crippen LogP contribution in [0.25, 0.3) is 10.9 Å². The predicted molar refractivity (Wildman–Crippen MR) is 87.3 cm³/mol. The van der Waals surface area contributed by atoms with Crippen molar-refractivity contribution < 1.29 is 0 Å². The van der Waals surface area contributed by atoms with E-state index in [0.29, 0.717) is 11.9 Å². The number of hydrogen-bond donors (Lipinski definition) is 2. The van der Waals surface area contributed by atoms with Gasteiger partial charge in [0.2, 0.25) is 5.95 Å². The van der Waals surface area contributed by atoms with Gasteiger partial charge in [0, 0.05) is 29.7 Å². The van der Waals surface area contributed by atoms with Crippen molar-refractivity contribution in [3.8, 4) is 0 Å². The number of rotatable bonds is 3. The summed E-state index contributed by atoms with van der Waals surface area (Å²) in [5.41, 5.74) is 2.98. The average Bonchev–Trinajstić information content (AvgIpc) is 3.09. The molecule has 1 aliphatic rings. The maximum absolute atomic E-state index is 4.79. The monoisotopic (exact) mass is 291 g/mol. The lowest BCUT2D eigenvalue weighted by Gasteiger charge is -2.13. The van der Waals surface area contributed by atoms with Gasteiger partial charge in [0.25, 0.3) is 0 Å². The Balaban J connectivity index is 1.79. The Morgan fingerprint density at radius 3 is 2.82 bits per heavy atom. The summed E-state index contributed by atoms with van der Waals surface area (Å²) in [6, 6.07) is 12.0. The molecular weight excluding hydrogens is 274 g/mol. The van der Waals surface area contributed by atoms with Crippen molar-refractivity contribution in [2.45, 2.75) is 12.3 Å². The van der Waals surface area contributed by atoms with Crippen LogP contribution in [0.2, 0.25) is 0 Å². The molecular formula is C17H17N5. The molecule has 2 N–H and O–H groups in total. The molecule has 22 heavy (non-hydrogen) atoms. The molecule has 110 valence electrons. The minimum atomic E-state index is 0.434. The van der Waals surface area contributed by atoms with Crippen molar-refractivity contribution in [1.82, 2.24) is 20.3 Å². The van der Waals surface area contributed by atoms with Crippen LogP contribution in [0.5, 0.6) is 0 Å². The second-order valence-electron chi connectivity index (χ2n) is 5.51. The van der Waals surface area contributed by atoms with Crippen LogP contribution in [0.4, 0.5) is 11.6 Å². The van der Waals surface area contributed by atoms with E-state index >= 15 is 0 Å². The van der Waals surface area contributed by atoms with E-state index in [1.807, 2.05) is 42.6 Å². The van der Waals surface area contributed by atoms with E-state index in [1.54, 1.807) is 6.20 Å². The average molecular weight is 291 g/mol. The van der Waals surface area contributed by atoms with E-state index in [9.17, 15) is 0 Å². The van der Waals surface area contributed by atoms with Crippen molar-refractivity contribution >= 4 is 22.5 Å². The van der Waals surface area contributed by atoms with Crippen molar-refractivity contribution in [2.75, 3.05) is 18.4 Å². The molecule has 0 radical (unpaired) electrons. The van der Waals surface area contributed by atoms with E-state index in [0.717, 1.165) is 41.8 Å². The second-order valence-corrected chi connectivity index (χ2v) is 5.51. The van der Waals surface area contributed by atoms with Crippen molar-refractivity contribution in [3.05, 3.63) is 54.5 Å². The largest absolute Gasteiger partial charge is 0.324 e. The molecule has 0 aliphatic carbocycles. The summed E-state index contributed by atoms with van der Waals surface area (Å²) in [7, 11) is 0. The molecule has 4 rings (SSSR count). The highest BCUT2D eigenvalue weighted by molar-refractivity contribution is 5.82. The number of pyridine rings is 1. The van der Waals surface area contributed by atoms with Gasteiger partial charge in [0.15, 0.2) is 0 Å². The van der Waals surface area contributed by atoms with Gasteiger partial charge in [-0.15, -0.1) is 0 Å². The number of para-hydroxylation sites is 1. The highest BCUT2D eigenvalue weighted by atomic mass is 15.1. The summed E-state index contributed by atoms with van der Waals surface area (Å²) < 4.78 is 0. The number of benzene rings is 1. The predicted octanol–water partition coefficient (Wildman–Crippen LogP) is 2.85. The summed E-state index contributed by atoms with van der Waals surface area (Å²) in [4.78, 5) is 13.6. The lowest BCUT2D eigenvalue weighted by molar-refractivity contribution is 0.741. The van der Waals surface area contributed by atoms with Crippen LogP contribution in [0.3, 0.4) is 0 Å². The van der Waals surface area contributed by atoms with Crippen LogP contribution in [-0.2, 0) is 0 Å². The third-order valence-corrected chi connectivity index (χ3v) is 4.01. The van der Waals surface area contributed by atoms with E-state index in [-0.39, 0.29) is 0 Å². The quantitative estimate of drug-likeness (QED) is 0.777. The van der Waals surface area contributed by atoms with E-state index in [2.05, 4.69) is 20.6 Å². The second kappa shape index (κ2) is 5.69. The zero-order valence-electron chi connectivity index (χ0n) is 12.2. The molecule has 5 heteroatoms. The van der Waals surface area contributed by atoms with Crippen LogP contribution < -0.4 is 10.6 Å². The van der Waals surface area contributed by atoms with Crippen LogP contribution in [-0.4, -0.2) is 28.0 Å². The molecule has 5 nitrogen and oxygen atoms in total. The Labute approximate surface area is 128 Å².